The number of hydrogen-bond donors (Lipinski definition) is 0. The highest BCUT2D eigenvalue weighted by molar-refractivity contribution is 7.92. The van der Waals surface area contributed by atoms with Crippen LogP contribution in [0.2, 0.25) is 5.02 Å². The second-order valence-electron chi connectivity index (χ2n) is 8.54. The van der Waals surface area contributed by atoms with Gasteiger partial charge in [-0.3, -0.25) is 4.79 Å². The highest BCUT2D eigenvalue weighted by Crippen LogP contribution is 2.38. The van der Waals surface area contributed by atoms with Gasteiger partial charge in [0.25, 0.3) is 0 Å². The van der Waals surface area contributed by atoms with Crippen LogP contribution in [0, 0.1) is 0 Å². The fourth-order valence-electron chi connectivity index (χ4n) is 4.28. The lowest BCUT2D eigenvalue weighted by Crippen LogP contribution is -2.46. The molecule has 0 saturated heterocycles. The third kappa shape index (κ3) is 6.22. The molecule has 1 atom stereocenters. The van der Waals surface area contributed by atoms with Crippen LogP contribution in [0.3, 0.4) is 0 Å². The minimum Gasteiger partial charge on any atom is -0.330 e. The first-order valence-electron chi connectivity index (χ1n) is 11.7. The first kappa shape index (κ1) is 25.6. The highest BCUT2D eigenvalue weighted by atomic mass is 35.5. The van der Waals surface area contributed by atoms with E-state index < -0.39 is 10.0 Å². The topological polar surface area (TPSA) is 57.7 Å². The maximum Gasteiger partial charge on any atom is 0.238 e. The number of rotatable bonds is 9. The first-order chi connectivity index (χ1) is 16.9. The summed E-state index contributed by atoms with van der Waals surface area (Å²) in [6, 6.07) is 18.6. The summed E-state index contributed by atoms with van der Waals surface area (Å²) >= 11 is 7.81. The summed E-state index contributed by atoms with van der Waals surface area (Å²) in [5.74, 6) is -0.199. The lowest BCUT2D eigenvalue weighted by molar-refractivity contribution is -0.133. The number of hydrogen-bond acceptors (Lipinski definition) is 4. The van der Waals surface area contributed by atoms with Gasteiger partial charge in [0, 0.05) is 28.4 Å². The largest absolute Gasteiger partial charge is 0.330 e. The van der Waals surface area contributed by atoms with Crippen LogP contribution >= 0.6 is 22.9 Å². The average molecular weight is 529 g/mol. The van der Waals surface area contributed by atoms with Gasteiger partial charge in [-0.05, 0) is 59.2 Å². The number of benzene rings is 2. The summed E-state index contributed by atoms with van der Waals surface area (Å²) in [5.41, 5.74) is 2.86. The van der Waals surface area contributed by atoms with Gasteiger partial charge in [0.1, 0.15) is 0 Å². The van der Waals surface area contributed by atoms with E-state index in [1.807, 2.05) is 71.8 Å². The van der Waals surface area contributed by atoms with E-state index in [1.165, 1.54) is 14.6 Å². The molecule has 0 aliphatic carbocycles. The van der Waals surface area contributed by atoms with E-state index in [9.17, 15) is 13.2 Å². The molecular weight excluding hydrogens is 500 g/mol. The van der Waals surface area contributed by atoms with E-state index >= 15 is 0 Å². The van der Waals surface area contributed by atoms with Crippen LogP contribution in [-0.2, 0) is 21.2 Å². The van der Waals surface area contributed by atoms with Gasteiger partial charge < -0.3 is 4.90 Å². The zero-order valence-electron chi connectivity index (χ0n) is 19.6. The van der Waals surface area contributed by atoms with Crippen LogP contribution in [0.1, 0.15) is 47.4 Å². The molecule has 3 aromatic rings. The number of sulfonamides is 1. The fraction of sp³-hybridized carbons (Fsp3) is 0.296. The molecule has 1 aliphatic heterocycles. The van der Waals surface area contributed by atoms with Crippen molar-refractivity contribution in [2.45, 2.75) is 32.2 Å². The van der Waals surface area contributed by atoms with Gasteiger partial charge in [-0.2, -0.15) is 4.31 Å². The Kier molecular flexibility index (Phi) is 8.44. The van der Waals surface area contributed by atoms with Crippen molar-refractivity contribution in [1.82, 2.24) is 9.21 Å². The van der Waals surface area contributed by atoms with Crippen LogP contribution in [0.15, 0.2) is 71.5 Å². The molecule has 0 bridgehead atoms. The molecule has 2 heterocycles. The van der Waals surface area contributed by atoms with Crippen molar-refractivity contribution < 1.29 is 13.2 Å². The van der Waals surface area contributed by atoms with Crippen molar-refractivity contribution in [3.05, 3.63) is 98.0 Å². The second kappa shape index (κ2) is 11.5. The number of fused-ring (bicyclic) bond motifs is 1. The number of amides is 1. The molecule has 184 valence electrons. The Bertz CT molecular complexity index is 1270. The van der Waals surface area contributed by atoms with Crippen LogP contribution in [-0.4, -0.2) is 43.2 Å². The quantitative estimate of drug-likeness (QED) is 0.343. The Balaban J connectivity index is 1.60. The summed E-state index contributed by atoms with van der Waals surface area (Å²) in [5, 5.41) is 3.89. The maximum absolute atomic E-state index is 13.6. The van der Waals surface area contributed by atoms with Crippen molar-refractivity contribution in [2.75, 3.05) is 19.6 Å². The van der Waals surface area contributed by atoms with Crippen molar-refractivity contribution in [3.8, 4) is 0 Å². The number of carbonyl (C=O) groups is 1. The normalized spacial score (nSPS) is 16.1. The molecular formula is C27H29ClN2O3S2. The van der Waals surface area contributed by atoms with E-state index in [2.05, 4.69) is 6.07 Å². The van der Waals surface area contributed by atoms with Gasteiger partial charge in [0.15, 0.2) is 0 Å². The zero-order chi connectivity index (χ0) is 24.8. The van der Waals surface area contributed by atoms with E-state index in [-0.39, 0.29) is 18.5 Å². The van der Waals surface area contributed by atoms with Crippen LogP contribution < -0.4 is 0 Å². The Morgan fingerprint density at radius 1 is 1.14 bits per heavy atom. The molecule has 1 aromatic heterocycles. The Hall–Kier alpha value is -2.45. The van der Waals surface area contributed by atoms with E-state index in [0.717, 1.165) is 29.5 Å². The SMILES string of the molecule is CCCCN(CC(=O)N1CCc2sccc2C1c1ccc(Cl)cc1)S(=O)(=O)/C=C/c1ccccc1. The minimum absolute atomic E-state index is 0.189. The Labute approximate surface area is 216 Å². The average Bonchev–Trinajstić information content (AvgIpc) is 3.35. The predicted octanol–water partition coefficient (Wildman–Crippen LogP) is 5.98. The second-order valence-corrected chi connectivity index (χ2v) is 11.8. The smallest absolute Gasteiger partial charge is 0.238 e. The predicted molar refractivity (Wildman–Crippen MR) is 144 cm³/mol. The molecule has 1 amide bonds. The molecule has 0 N–H and O–H groups in total. The summed E-state index contributed by atoms with van der Waals surface area (Å²) in [6.45, 7) is 2.66. The first-order valence-corrected chi connectivity index (χ1v) is 14.5. The molecule has 0 spiro atoms. The van der Waals surface area contributed by atoms with Crippen molar-refractivity contribution in [1.29, 1.82) is 0 Å². The standard InChI is InChI=1S/C27H29ClN2O3S2/c1-2-3-16-29(35(32,33)19-15-21-7-5-4-6-8-21)20-26(31)30-17-13-25-24(14-18-34-25)27(30)22-9-11-23(28)12-10-22/h4-12,14-15,18-19,27H,2-3,13,16-17,20H2,1H3/b19-15+. The molecule has 1 aliphatic rings. The molecule has 4 rings (SSSR count). The molecule has 8 heteroatoms. The van der Waals surface area contributed by atoms with Crippen LogP contribution in [0.5, 0.6) is 0 Å². The molecule has 0 saturated carbocycles. The monoisotopic (exact) mass is 528 g/mol. The van der Waals surface area contributed by atoms with Crippen molar-refractivity contribution in [2.24, 2.45) is 0 Å². The van der Waals surface area contributed by atoms with Gasteiger partial charge in [-0.15, -0.1) is 11.3 Å². The summed E-state index contributed by atoms with van der Waals surface area (Å²) < 4.78 is 27.8. The van der Waals surface area contributed by atoms with Crippen molar-refractivity contribution in [3.63, 3.8) is 0 Å². The fourth-order valence-corrected chi connectivity index (χ4v) is 6.48. The third-order valence-corrected chi connectivity index (χ3v) is 8.90. The number of unbranched alkanes of at least 4 members (excludes halogenated alkanes) is 1. The van der Waals surface area contributed by atoms with E-state index in [4.69, 9.17) is 11.6 Å². The summed E-state index contributed by atoms with van der Waals surface area (Å²) in [7, 11) is -3.77. The van der Waals surface area contributed by atoms with E-state index in [0.29, 0.717) is 24.5 Å². The number of nitrogens with zero attached hydrogens (tertiary/aromatic N) is 2. The number of thiophene rings is 1. The van der Waals surface area contributed by atoms with Gasteiger partial charge in [0.05, 0.1) is 12.6 Å². The van der Waals surface area contributed by atoms with Crippen LogP contribution in [0.4, 0.5) is 0 Å². The van der Waals surface area contributed by atoms with Gasteiger partial charge in [-0.1, -0.05) is 67.4 Å². The molecule has 1 unspecified atom stereocenters. The lowest BCUT2D eigenvalue weighted by Gasteiger charge is -2.37. The van der Waals surface area contributed by atoms with E-state index in [1.54, 1.807) is 17.4 Å². The molecule has 35 heavy (non-hydrogen) atoms. The maximum atomic E-state index is 13.6. The molecule has 2 aromatic carbocycles. The number of halogens is 1. The summed E-state index contributed by atoms with van der Waals surface area (Å²) in [4.78, 5) is 16.7. The molecule has 5 nitrogen and oxygen atoms in total. The van der Waals surface area contributed by atoms with Gasteiger partial charge >= 0.3 is 0 Å². The Morgan fingerprint density at radius 2 is 1.89 bits per heavy atom. The summed E-state index contributed by atoms with van der Waals surface area (Å²) in [6.07, 6.45) is 3.85. The van der Waals surface area contributed by atoms with Gasteiger partial charge in [0.2, 0.25) is 15.9 Å². The minimum atomic E-state index is -3.77. The third-order valence-electron chi connectivity index (χ3n) is 6.14. The van der Waals surface area contributed by atoms with Gasteiger partial charge in [-0.25, -0.2) is 8.42 Å². The molecule has 0 fully saturated rings. The molecule has 0 radical (unpaired) electrons. The van der Waals surface area contributed by atoms with Crippen molar-refractivity contribution >= 4 is 44.9 Å². The van der Waals surface area contributed by atoms with Crippen LogP contribution in [0.25, 0.3) is 6.08 Å². The zero-order valence-corrected chi connectivity index (χ0v) is 22.0. The highest BCUT2D eigenvalue weighted by Gasteiger charge is 2.34. The number of carbonyl (C=O) groups excluding carboxylic acids is 1. The lowest BCUT2D eigenvalue weighted by atomic mass is 9.93. The Morgan fingerprint density at radius 3 is 2.60 bits per heavy atom.